The predicted molar refractivity (Wildman–Crippen MR) is 113 cm³/mol. The average molecular weight is 463 g/mol. The number of ether oxygens (including phenoxy) is 1. The van der Waals surface area contributed by atoms with Crippen LogP contribution >= 0.6 is 0 Å². The Bertz CT molecular complexity index is 1020. The largest absolute Gasteiger partial charge is 0.411 e. The van der Waals surface area contributed by atoms with Crippen LogP contribution in [0.3, 0.4) is 0 Å². The number of benzene rings is 2. The summed E-state index contributed by atoms with van der Waals surface area (Å²) < 4.78 is 41.0. The van der Waals surface area contributed by atoms with Crippen LogP contribution in [0.1, 0.15) is 29.2 Å². The lowest BCUT2D eigenvalue weighted by molar-refractivity contribution is -0.176. The minimum absolute atomic E-state index is 0.126. The molecule has 1 heterocycles. The number of amides is 4. The molecular weight excluding hydrogens is 439 g/mol. The van der Waals surface area contributed by atoms with E-state index in [0.717, 1.165) is 10.5 Å². The number of carbonyl (C=O) groups is 3. The van der Waals surface area contributed by atoms with Crippen molar-refractivity contribution in [3.63, 3.8) is 0 Å². The zero-order valence-electron chi connectivity index (χ0n) is 18.2. The number of imide groups is 1. The molecule has 1 fully saturated rings. The summed E-state index contributed by atoms with van der Waals surface area (Å²) >= 11 is 0. The number of aryl methyl sites for hydroxylation is 1. The zero-order valence-corrected chi connectivity index (χ0v) is 18.2. The van der Waals surface area contributed by atoms with E-state index in [0.29, 0.717) is 16.7 Å². The Balaban J connectivity index is 1.52. The molecule has 0 saturated carbocycles. The lowest BCUT2D eigenvalue weighted by Gasteiger charge is -2.22. The lowest BCUT2D eigenvalue weighted by Crippen LogP contribution is -2.43. The van der Waals surface area contributed by atoms with E-state index in [1.807, 2.05) is 19.1 Å². The number of urea groups is 1. The Labute approximate surface area is 188 Å². The molecule has 33 heavy (non-hydrogen) atoms. The molecular formula is C23H24F3N3O4. The third-order valence-electron chi connectivity index (χ3n) is 5.25. The van der Waals surface area contributed by atoms with Crippen LogP contribution in [-0.4, -0.2) is 42.1 Å². The van der Waals surface area contributed by atoms with E-state index in [-0.39, 0.29) is 13.2 Å². The highest BCUT2D eigenvalue weighted by Crippen LogP contribution is 2.28. The highest BCUT2D eigenvalue weighted by atomic mass is 19.4. The summed E-state index contributed by atoms with van der Waals surface area (Å²) in [5.41, 5.74) is 1.63. The number of carbonyl (C=O) groups excluding carboxylic acids is 3. The van der Waals surface area contributed by atoms with Gasteiger partial charge in [0.15, 0.2) is 0 Å². The Morgan fingerprint density at radius 2 is 1.67 bits per heavy atom. The normalized spacial score (nSPS) is 18.4. The van der Waals surface area contributed by atoms with Crippen LogP contribution in [0.4, 0.5) is 18.0 Å². The van der Waals surface area contributed by atoms with Crippen molar-refractivity contribution in [3.8, 4) is 0 Å². The van der Waals surface area contributed by atoms with Gasteiger partial charge in [0, 0.05) is 6.54 Å². The summed E-state index contributed by atoms with van der Waals surface area (Å²) in [6.07, 6.45) is -4.38. The second-order valence-electron chi connectivity index (χ2n) is 8.01. The maximum atomic E-state index is 12.9. The lowest BCUT2D eigenvalue weighted by atomic mass is 9.91. The van der Waals surface area contributed by atoms with Gasteiger partial charge < -0.3 is 15.4 Å². The van der Waals surface area contributed by atoms with E-state index in [2.05, 4.69) is 15.4 Å². The van der Waals surface area contributed by atoms with Crippen molar-refractivity contribution in [2.24, 2.45) is 0 Å². The number of halogens is 3. The van der Waals surface area contributed by atoms with Gasteiger partial charge in [0.2, 0.25) is 5.91 Å². The van der Waals surface area contributed by atoms with Gasteiger partial charge in [-0.1, -0.05) is 54.1 Å². The van der Waals surface area contributed by atoms with Crippen LogP contribution < -0.4 is 10.6 Å². The monoisotopic (exact) mass is 463 g/mol. The second kappa shape index (κ2) is 9.62. The molecule has 0 radical (unpaired) electrons. The molecule has 0 aromatic heterocycles. The molecule has 0 spiro atoms. The first-order valence-corrected chi connectivity index (χ1v) is 10.2. The molecule has 10 heteroatoms. The van der Waals surface area contributed by atoms with E-state index < -0.39 is 42.7 Å². The van der Waals surface area contributed by atoms with Crippen molar-refractivity contribution in [2.45, 2.75) is 38.7 Å². The predicted octanol–water partition coefficient (Wildman–Crippen LogP) is 3.16. The van der Waals surface area contributed by atoms with E-state index in [4.69, 9.17) is 0 Å². The fourth-order valence-electron chi connectivity index (χ4n) is 3.36. The molecule has 0 bridgehead atoms. The van der Waals surface area contributed by atoms with Crippen molar-refractivity contribution in [1.82, 2.24) is 15.5 Å². The van der Waals surface area contributed by atoms with Gasteiger partial charge in [-0.3, -0.25) is 14.5 Å². The summed E-state index contributed by atoms with van der Waals surface area (Å²) in [6.45, 7) is 1.69. The number of rotatable bonds is 8. The number of nitrogens with one attached hydrogen (secondary N) is 2. The molecule has 7 nitrogen and oxygen atoms in total. The Kier molecular flexibility index (Phi) is 7.06. The van der Waals surface area contributed by atoms with Crippen LogP contribution in [0.5, 0.6) is 0 Å². The summed E-state index contributed by atoms with van der Waals surface area (Å²) in [7, 11) is 0. The van der Waals surface area contributed by atoms with E-state index >= 15 is 0 Å². The van der Waals surface area contributed by atoms with E-state index in [1.54, 1.807) is 43.3 Å². The van der Waals surface area contributed by atoms with Gasteiger partial charge in [-0.25, -0.2) is 4.79 Å². The molecule has 1 saturated heterocycles. The smallest absolute Gasteiger partial charge is 0.367 e. The molecule has 2 N–H and O–H groups in total. The van der Waals surface area contributed by atoms with Gasteiger partial charge in [0.1, 0.15) is 18.7 Å². The molecule has 1 unspecified atom stereocenters. The molecule has 3 rings (SSSR count). The van der Waals surface area contributed by atoms with Crippen molar-refractivity contribution < 1.29 is 32.3 Å². The highest BCUT2D eigenvalue weighted by molar-refractivity contribution is 6.09. The second-order valence-corrected chi connectivity index (χ2v) is 8.01. The number of nitrogens with zero attached hydrogens (tertiary/aromatic N) is 1. The van der Waals surface area contributed by atoms with Crippen LogP contribution in [0.15, 0.2) is 48.5 Å². The summed E-state index contributed by atoms with van der Waals surface area (Å²) in [6, 6.07) is 13.0. The van der Waals surface area contributed by atoms with Crippen molar-refractivity contribution in [3.05, 3.63) is 70.8 Å². The van der Waals surface area contributed by atoms with Crippen LogP contribution in [0.25, 0.3) is 0 Å². The first-order chi connectivity index (χ1) is 15.5. The van der Waals surface area contributed by atoms with Gasteiger partial charge >= 0.3 is 12.2 Å². The fraction of sp³-hybridized carbons (Fsp3) is 0.348. The van der Waals surface area contributed by atoms with Gasteiger partial charge in [0.25, 0.3) is 5.91 Å². The Morgan fingerprint density at radius 1 is 1.06 bits per heavy atom. The van der Waals surface area contributed by atoms with Gasteiger partial charge in [-0.15, -0.1) is 0 Å². The fourth-order valence-corrected chi connectivity index (χ4v) is 3.36. The number of hydrogen-bond donors (Lipinski definition) is 2. The molecule has 1 atom stereocenters. The third kappa shape index (κ3) is 6.10. The quantitative estimate of drug-likeness (QED) is 0.589. The summed E-state index contributed by atoms with van der Waals surface area (Å²) in [5.74, 6) is -1.04. The molecule has 1 aliphatic heterocycles. The first kappa shape index (κ1) is 24.2. The molecule has 2 aromatic rings. The van der Waals surface area contributed by atoms with Gasteiger partial charge in [-0.2, -0.15) is 13.2 Å². The van der Waals surface area contributed by atoms with Gasteiger partial charge in [-0.05, 0) is 30.5 Å². The zero-order chi connectivity index (χ0) is 24.2. The molecule has 1 aliphatic rings. The molecule has 2 aromatic carbocycles. The molecule has 0 aliphatic carbocycles. The minimum Gasteiger partial charge on any atom is -0.367 e. The standard InChI is InChI=1S/C23H24F3N3O4/c1-15-3-9-18(10-4-15)22(2)20(31)29(21(32)28-22)12-19(30)27-11-16-5-7-17(8-6-16)13-33-14-23(24,25)26/h3-10H,11-14H2,1-2H3,(H,27,30)(H,28,32). The van der Waals surface area contributed by atoms with Gasteiger partial charge in [0.05, 0.1) is 6.61 Å². The maximum Gasteiger partial charge on any atom is 0.411 e. The maximum absolute atomic E-state index is 12.9. The number of hydrogen-bond acceptors (Lipinski definition) is 4. The van der Waals surface area contributed by atoms with Crippen LogP contribution in [0.2, 0.25) is 0 Å². The highest BCUT2D eigenvalue weighted by Gasteiger charge is 2.49. The van der Waals surface area contributed by atoms with Crippen LogP contribution in [0, 0.1) is 6.92 Å². The van der Waals surface area contributed by atoms with Crippen molar-refractivity contribution in [2.75, 3.05) is 13.2 Å². The van der Waals surface area contributed by atoms with Crippen molar-refractivity contribution in [1.29, 1.82) is 0 Å². The van der Waals surface area contributed by atoms with Crippen molar-refractivity contribution >= 4 is 17.8 Å². The SMILES string of the molecule is Cc1ccc(C2(C)NC(=O)N(CC(=O)NCc3ccc(COCC(F)(F)F)cc3)C2=O)cc1. The van der Waals surface area contributed by atoms with E-state index in [9.17, 15) is 27.6 Å². The topological polar surface area (TPSA) is 87.7 Å². The number of alkyl halides is 3. The first-order valence-electron chi connectivity index (χ1n) is 10.2. The Morgan fingerprint density at radius 3 is 2.27 bits per heavy atom. The van der Waals surface area contributed by atoms with E-state index in [1.165, 1.54) is 0 Å². The average Bonchev–Trinajstić information content (AvgIpc) is 2.96. The molecule has 176 valence electrons. The third-order valence-corrected chi connectivity index (χ3v) is 5.25. The summed E-state index contributed by atoms with van der Waals surface area (Å²) in [4.78, 5) is 38.5. The molecule has 4 amide bonds. The van der Waals surface area contributed by atoms with Crippen LogP contribution in [-0.2, 0) is 33.0 Å². The summed E-state index contributed by atoms with van der Waals surface area (Å²) in [5, 5.41) is 5.28. The minimum atomic E-state index is -4.38. The Hall–Kier alpha value is -3.40.